The molecule has 19 heavy (non-hydrogen) atoms. The van der Waals surface area contributed by atoms with Gasteiger partial charge >= 0.3 is 5.97 Å². The second kappa shape index (κ2) is 6.31. The predicted molar refractivity (Wildman–Crippen MR) is 68.1 cm³/mol. The van der Waals surface area contributed by atoms with E-state index in [9.17, 15) is 17.6 Å². The van der Waals surface area contributed by atoms with E-state index in [-0.39, 0.29) is 16.3 Å². The number of carbonyl (C=O) groups is 1. The average molecular weight is 310 g/mol. The molecule has 106 valence electrons. The molecule has 0 heterocycles. The molecule has 0 saturated heterocycles. The fourth-order valence-corrected chi connectivity index (χ4v) is 3.00. The molecule has 5 nitrogen and oxygen atoms in total. The van der Waals surface area contributed by atoms with Crippen LogP contribution in [0.5, 0.6) is 0 Å². The Labute approximate surface area is 115 Å². The zero-order chi connectivity index (χ0) is 14.6. The van der Waals surface area contributed by atoms with Crippen LogP contribution in [-0.2, 0) is 14.8 Å². The van der Waals surface area contributed by atoms with Gasteiger partial charge in [-0.1, -0.05) is 18.5 Å². The summed E-state index contributed by atoms with van der Waals surface area (Å²) < 4.78 is 39.1. The molecule has 0 amide bonds. The van der Waals surface area contributed by atoms with E-state index in [0.29, 0.717) is 6.42 Å². The Balaban J connectivity index is 2.96. The van der Waals surface area contributed by atoms with E-state index in [1.54, 1.807) is 6.92 Å². The maximum atomic E-state index is 13.0. The summed E-state index contributed by atoms with van der Waals surface area (Å²) in [5, 5.41) is 8.35. The van der Waals surface area contributed by atoms with Crippen molar-refractivity contribution in [2.45, 2.75) is 30.7 Å². The summed E-state index contributed by atoms with van der Waals surface area (Å²) in [5.41, 5.74) is 0. The fraction of sp³-hybridized carbons (Fsp3) is 0.364. The van der Waals surface area contributed by atoms with E-state index in [2.05, 4.69) is 4.72 Å². The van der Waals surface area contributed by atoms with Crippen LogP contribution in [0.3, 0.4) is 0 Å². The topological polar surface area (TPSA) is 83.5 Å². The van der Waals surface area contributed by atoms with Crippen molar-refractivity contribution in [1.29, 1.82) is 0 Å². The quantitative estimate of drug-likeness (QED) is 0.842. The van der Waals surface area contributed by atoms with Gasteiger partial charge in [-0.3, -0.25) is 4.79 Å². The first-order valence-electron chi connectivity index (χ1n) is 5.45. The Kier molecular flexibility index (Phi) is 5.28. The smallest absolute Gasteiger partial charge is 0.304 e. The molecular formula is C11H13ClFNO4S. The lowest BCUT2D eigenvalue weighted by molar-refractivity contribution is -0.137. The summed E-state index contributed by atoms with van der Waals surface area (Å²) in [6.07, 6.45) is -0.00882. The largest absolute Gasteiger partial charge is 0.481 e. The second-order valence-corrected chi connectivity index (χ2v) is 6.02. The van der Waals surface area contributed by atoms with Crippen LogP contribution in [0.2, 0.25) is 5.02 Å². The number of hydrogen-bond acceptors (Lipinski definition) is 3. The van der Waals surface area contributed by atoms with Gasteiger partial charge in [-0.15, -0.1) is 0 Å². The van der Waals surface area contributed by atoms with Gasteiger partial charge in [0.05, 0.1) is 16.3 Å². The summed E-state index contributed by atoms with van der Waals surface area (Å²) in [4.78, 5) is 10.4. The summed E-state index contributed by atoms with van der Waals surface area (Å²) >= 11 is 5.51. The van der Waals surface area contributed by atoms with Gasteiger partial charge in [0.2, 0.25) is 10.0 Å². The standard InChI is InChI=1S/C11H13ClFNO4S/c1-2-7(5-11(15)16)14-19(17,18)8-3-4-10(13)9(12)6-8/h3-4,6-7,14H,2,5H2,1H3,(H,15,16). The molecule has 0 fully saturated rings. The highest BCUT2D eigenvalue weighted by Gasteiger charge is 2.21. The number of carboxylic acids is 1. The number of hydrogen-bond donors (Lipinski definition) is 2. The maximum Gasteiger partial charge on any atom is 0.304 e. The van der Waals surface area contributed by atoms with Crippen molar-refractivity contribution in [2.24, 2.45) is 0 Å². The van der Waals surface area contributed by atoms with Crippen LogP contribution in [0.15, 0.2) is 23.1 Å². The summed E-state index contributed by atoms with van der Waals surface area (Å²) in [6.45, 7) is 1.66. The lowest BCUT2D eigenvalue weighted by Gasteiger charge is -2.15. The van der Waals surface area contributed by atoms with Gasteiger partial charge < -0.3 is 5.11 Å². The number of aliphatic carboxylic acids is 1. The minimum atomic E-state index is -3.92. The Hall–Kier alpha value is -1.18. The Morgan fingerprint density at radius 3 is 2.63 bits per heavy atom. The highest BCUT2D eigenvalue weighted by molar-refractivity contribution is 7.89. The van der Waals surface area contributed by atoms with Gasteiger partial charge in [0.15, 0.2) is 0 Å². The Bertz CT molecular complexity index is 576. The number of sulfonamides is 1. The van der Waals surface area contributed by atoms with Crippen molar-refractivity contribution in [3.8, 4) is 0 Å². The van der Waals surface area contributed by atoms with E-state index in [4.69, 9.17) is 16.7 Å². The molecule has 0 saturated carbocycles. The Morgan fingerprint density at radius 1 is 1.53 bits per heavy atom. The monoisotopic (exact) mass is 309 g/mol. The highest BCUT2D eigenvalue weighted by atomic mass is 35.5. The van der Waals surface area contributed by atoms with E-state index in [0.717, 1.165) is 18.2 Å². The van der Waals surface area contributed by atoms with Gasteiger partial charge in [0, 0.05) is 6.04 Å². The molecule has 0 radical (unpaired) electrons. The summed E-state index contributed by atoms with van der Waals surface area (Å²) in [5.74, 6) is -1.83. The molecule has 1 aromatic rings. The first-order chi connectivity index (χ1) is 8.76. The number of carboxylic acid groups (broad SMARTS) is 1. The number of halogens is 2. The van der Waals surface area contributed by atoms with Crippen LogP contribution in [0.1, 0.15) is 19.8 Å². The molecule has 2 N–H and O–H groups in total. The average Bonchev–Trinajstić information content (AvgIpc) is 2.30. The maximum absolute atomic E-state index is 13.0. The molecule has 0 aliphatic heterocycles. The third-order valence-corrected chi connectivity index (χ3v) is 4.24. The van der Waals surface area contributed by atoms with Gasteiger partial charge in [-0.25, -0.2) is 17.5 Å². The zero-order valence-electron chi connectivity index (χ0n) is 10.1. The van der Waals surface area contributed by atoms with Crippen molar-refractivity contribution >= 4 is 27.6 Å². The lowest BCUT2D eigenvalue weighted by Crippen LogP contribution is -2.36. The third-order valence-electron chi connectivity index (χ3n) is 2.44. The van der Waals surface area contributed by atoms with E-state index >= 15 is 0 Å². The number of nitrogens with one attached hydrogen (secondary N) is 1. The zero-order valence-corrected chi connectivity index (χ0v) is 11.6. The summed E-state index contributed by atoms with van der Waals surface area (Å²) in [7, 11) is -3.92. The fourth-order valence-electron chi connectivity index (χ4n) is 1.41. The molecule has 0 aromatic heterocycles. The van der Waals surface area contributed by atoms with Crippen molar-refractivity contribution in [3.63, 3.8) is 0 Å². The molecule has 0 aliphatic rings. The lowest BCUT2D eigenvalue weighted by atomic mass is 10.2. The number of rotatable bonds is 6. The van der Waals surface area contributed by atoms with Crippen molar-refractivity contribution in [3.05, 3.63) is 29.0 Å². The predicted octanol–water partition coefficient (Wildman–Crippen LogP) is 2.01. The van der Waals surface area contributed by atoms with E-state index in [1.165, 1.54) is 0 Å². The number of benzene rings is 1. The molecule has 0 spiro atoms. The Morgan fingerprint density at radius 2 is 2.16 bits per heavy atom. The molecule has 1 unspecified atom stereocenters. The van der Waals surface area contributed by atoms with Crippen molar-refractivity contribution in [1.82, 2.24) is 4.72 Å². The first-order valence-corrected chi connectivity index (χ1v) is 7.31. The highest BCUT2D eigenvalue weighted by Crippen LogP contribution is 2.19. The van der Waals surface area contributed by atoms with Crippen LogP contribution >= 0.6 is 11.6 Å². The van der Waals surface area contributed by atoms with Crippen LogP contribution in [-0.4, -0.2) is 25.5 Å². The molecule has 1 rings (SSSR count). The molecule has 1 atom stereocenters. The third kappa shape index (κ3) is 4.45. The minimum Gasteiger partial charge on any atom is -0.481 e. The van der Waals surface area contributed by atoms with E-state index < -0.39 is 27.9 Å². The SMILES string of the molecule is CCC(CC(=O)O)NS(=O)(=O)c1ccc(F)c(Cl)c1. The van der Waals surface area contributed by atoms with Gasteiger partial charge in [0.1, 0.15) is 5.82 Å². The summed E-state index contributed by atoms with van der Waals surface area (Å²) in [6, 6.07) is 2.25. The van der Waals surface area contributed by atoms with Crippen LogP contribution in [0.4, 0.5) is 4.39 Å². The van der Waals surface area contributed by atoms with E-state index in [1.807, 2.05) is 0 Å². The second-order valence-electron chi connectivity index (χ2n) is 3.90. The van der Waals surface area contributed by atoms with Gasteiger partial charge in [-0.2, -0.15) is 0 Å². The first kappa shape index (κ1) is 15.9. The van der Waals surface area contributed by atoms with Crippen LogP contribution in [0.25, 0.3) is 0 Å². The molecule has 1 aromatic carbocycles. The molecule has 8 heteroatoms. The normalized spacial score (nSPS) is 13.2. The van der Waals surface area contributed by atoms with Crippen LogP contribution < -0.4 is 4.72 Å². The minimum absolute atomic E-state index is 0.206. The van der Waals surface area contributed by atoms with Crippen molar-refractivity contribution in [2.75, 3.05) is 0 Å². The molecule has 0 bridgehead atoms. The van der Waals surface area contributed by atoms with Crippen molar-refractivity contribution < 1.29 is 22.7 Å². The van der Waals surface area contributed by atoms with Gasteiger partial charge in [-0.05, 0) is 24.6 Å². The molecule has 0 aliphatic carbocycles. The van der Waals surface area contributed by atoms with Gasteiger partial charge in [0.25, 0.3) is 0 Å². The van der Waals surface area contributed by atoms with Crippen LogP contribution in [0, 0.1) is 5.82 Å². The molecular weight excluding hydrogens is 297 g/mol.